The van der Waals surface area contributed by atoms with E-state index in [1.54, 1.807) is 6.07 Å². The van der Waals surface area contributed by atoms with Crippen LogP contribution >= 0.6 is 0 Å². The predicted octanol–water partition coefficient (Wildman–Crippen LogP) is 2.86. The molecule has 0 saturated carbocycles. The Balaban J connectivity index is 1.79. The molecule has 0 unspecified atom stereocenters. The number of H-pyrrole nitrogens is 1. The van der Waals surface area contributed by atoms with E-state index in [0.717, 1.165) is 42.4 Å². The van der Waals surface area contributed by atoms with Gasteiger partial charge in [0, 0.05) is 30.2 Å². The number of nitrogens with zero attached hydrogens (tertiary/aromatic N) is 1. The van der Waals surface area contributed by atoms with Crippen molar-refractivity contribution in [2.45, 2.75) is 25.7 Å². The van der Waals surface area contributed by atoms with Crippen LogP contribution in [0.25, 0.3) is 10.9 Å². The summed E-state index contributed by atoms with van der Waals surface area (Å²) in [6, 6.07) is 4.63. The summed E-state index contributed by atoms with van der Waals surface area (Å²) in [5.41, 5.74) is 1.70. The minimum atomic E-state index is -0.261. The van der Waals surface area contributed by atoms with Crippen molar-refractivity contribution in [2.24, 2.45) is 0 Å². The van der Waals surface area contributed by atoms with Crippen LogP contribution in [0.15, 0.2) is 24.4 Å². The number of piperidine rings is 1. The minimum Gasteiger partial charge on any atom is -0.361 e. The molecule has 1 aliphatic heterocycles. The highest BCUT2D eigenvalue weighted by Gasteiger charge is 2.18. The fraction of sp³-hybridized carbons (Fsp3) is 0.400. The summed E-state index contributed by atoms with van der Waals surface area (Å²) in [5.74, 6) is -0.0896. The highest BCUT2D eigenvalue weighted by atomic mass is 19.1. The standard InChI is InChI=1S/C15H17FN2O/c16-12-4-5-13-11(10-17-14(13)9-12)8-15(19)18-6-2-1-3-7-18/h4-5,9-10,17H,1-3,6-8H2. The lowest BCUT2D eigenvalue weighted by Gasteiger charge is -2.26. The van der Waals surface area contributed by atoms with E-state index >= 15 is 0 Å². The van der Waals surface area contributed by atoms with Crippen molar-refractivity contribution in [3.05, 3.63) is 35.8 Å². The zero-order valence-electron chi connectivity index (χ0n) is 10.8. The number of hydrogen-bond donors (Lipinski definition) is 1. The Hall–Kier alpha value is -1.84. The molecular weight excluding hydrogens is 243 g/mol. The van der Waals surface area contributed by atoms with E-state index in [9.17, 15) is 9.18 Å². The third-order valence-corrected chi connectivity index (χ3v) is 3.78. The summed E-state index contributed by atoms with van der Waals surface area (Å²) in [4.78, 5) is 17.2. The van der Waals surface area contributed by atoms with Crippen molar-refractivity contribution in [1.29, 1.82) is 0 Å². The van der Waals surface area contributed by atoms with Gasteiger partial charge in [-0.05, 0) is 43.0 Å². The quantitative estimate of drug-likeness (QED) is 0.885. The fourth-order valence-corrected chi connectivity index (χ4v) is 2.72. The Bertz CT molecular complexity index is 599. The Labute approximate surface area is 111 Å². The topological polar surface area (TPSA) is 36.1 Å². The van der Waals surface area contributed by atoms with Crippen molar-refractivity contribution in [2.75, 3.05) is 13.1 Å². The van der Waals surface area contributed by atoms with E-state index in [4.69, 9.17) is 0 Å². The van der Waals surface area contributed by atoms with Gasteiger partial charge in [-0.2, -0.15) is 0 Å². The lowest BCUT2D eigenvalue weighted by Crippen LogP contribution is -2.36. The summed E-state index contributed by atoms with van der Waals surface area (Å²) < 4.78 is 13.1. The number of carbonyl (C=O) groups excluding carboxylic acids is 1. The number of halogens is 1. The smallest absolute Gasteiger partial charge is 0.227 e. The molecule has 19 heavy (non-hydrogen) atoms. The van der Waals surface area contributed by atoms with Crippen LogP contribution in [0.5, 0.6) is 0 Å². The maximum atomic E-state index is 13.1. The van der Waals surface area contributed by atoms with Crippen LogP contribution in [0.2, 0.25) is 0 Å². The molecule has 2 aromatic rings. The third-order valence-electron chi connectivity index (χ3n) is 3.78. The number of nitrogens with one attached hydrogen (secondary N) is 1. The van der Waals surface area contributed by atoms with Crippen LogP contribution in [-0.2, 0) is 11.2 Å². The van der Waals surface area contributed by atoms with Crippen LogP contribution in [0.1, 0.15) is 24.8 Å². The Morgan fingerprint density at radius 1 is 1.26 bits per heavy atom. The molecule has 1 amide bonds. The first-order chi connectivity index (χ1) is 9.24. The molecule has 1 saturated heterocycles. The molecular formula is C15H17FN2O. The summed E-state index contributed by atoms with van der Waals surface area (Å²) in [6.45, 7) is 1.74. The molecule has 1 aromatic carbocycles. The van der Waals surface area contributed by atoms with Crippen LogP contribution in [0.3, 0.4) is 0 Å². The lowest BCUT2D eigenvalue weighted by molar-refractivity contribution is -0.131. The molecule has 1 aromatic heterocycles. The van der Waals surface area contributed by atoms with Gasteiger partial charge in [0.1, 0.15) is 5.82 Å². The maximum Gasteiger partial charge on any atom is 0.227 e. The number of benzene rings is 1. The van der Waals surface area contributed by atoms with Gasteiger partial charge in [0.2, 0.25) is 5.91 Å². The average molecular weight is 260 g/mol. The van der Waals surface area contributed by atoms with E-state index in [0.29, 0.717) is 6.42 Å². The number of aromatic nitrogens is 1. The van der Waals surface area contributed by atoms with Crippen LogP contribution in [0.4, 0.5) is 4.39 Å². The summed E-state index contributed by atoms with van der Waals surface area (Å²) in [7, 11) is 0. The van der Waals surface area contributed by atoms with Crippen molar-refractivity contribution >= 4 is 16.8 Å². The largest absolute Gasteiger partial charge is 0.361 e. The number of likely N-dealkylation sites (tertiary alicyclic amines) is 1. The van der Waals surface area contributed by atoms with Gasteiger partial charge in [0.25, 0.3) is 0 Å². The van der Waals surface area contributed by atoms with Crippen molar-refractivity contribution in [3.63, 3.8) is 0 Å². The molecule has 1 N–H and O–H groups in total. The monoisotopic (exact) mass is 260 g/mol. The zero-order valence-corrected chi connectivity index (χ0v) is 10.8. The molecule has 0 spiro atoms. The number of carbonyl (C=O) groups is 1. The Kier molecular flexibility index (Phi) is 3.23. The molecule has 4 heteroatoms. The summed E-state index contributed by atoms with van der Waals surface area (Å²) in [6.07, 6.45) is 5.63. The molecule has 1 fully saturated rings. The van der Waals surface area contributed by atoms with Gasteiger partial charge in [0.15, 0.2) is 0 Å². The van der Waals surface area contributed by atoms with Gasteiger partial charge < -0.3 is 9.88 Å². The predicted molar refractivity (Wildman–Crippen MR) is 72.4 cm³/mol. The fourth-order valence-electron chi connectivity index (χ4n) is 2.72. The maximum absolute atomic E-state index is 13.1. The molecule has 0 aliphatic carbocycles. The molecule has 100 valence electrons. The Morgan fingerprint density at radius 2 is 2.05 bits per heavy atom. The first kappa shape index (κ1) is 12.2. The van der Waals surface area contributed by atoms with E-state index in [2.05, 4.69) is 4.98 Å². The van der Waals surface area contributed by atoms with Gasteiger partial charge in [0.05, 0.1) is 6.42 Å². The highest BCUT2D eigenvalue weighted by Crippen LogP contribution is 2.21. The second-order valence-electron chi connectivity index (χ2n) is 5.12. The molecule has 0 radical (unpaired) electrons. The molecule has 2 heterocycles. The molecule has 0 bridgehead atoms. The second-order valence-corrected chi connectivity index (χ2v) is 5.12. The molecule has 0 atom stereocenters. The van der Waals surface area contributed by atoms with Gasteiger partial charge in [-0.3, -0.25) is 4.79 Å². The van der Waals surface area contributed by atoms with Gasteiger partial charge in [-0.25, -0.2) is 4.39 Å². The highest BCUT2D eigenvalue weighted by molar-refractivity contribution is 5.89. The number of hydrogen-bond acceptors (Lipinski definition) is 1. The van der Waals surface area contributed by atoms with E-state index in [1.807, 2.05) is 11.1 Å². The number of rotatable bonds is 2. The van der Waals surface area contributed by atoms with Crippen LogP contribution in [-0.4, -0.2) is 28.9 Å². The third kappa shape index (κ3) is 2.48. The normalized spacial score (nSPS) is 15.9. The lowest BCUT2D eigenvalue weighted by atomic mass is 10.1. The van der Waals surface area contributed by atoms with Crippen LogP contribution < -0.4 is 0 Å². The van der Waals surface area contributed by atoms with E-state index in [-0.39, 0.29) is 11.7 Å². The first-order valence-corrected chi connectivity index (χ1v) is 6.77. The number of aromatic amines is 1. The minimum absolute atomic E-state index is 0.171. The average Bonchev–Trinajstić information content (AvgIpc) is 2.82. The molecule has 1 aliphatic rings. The molecule has 3 rings (SSSR count). The number of fused-ring (bicyclic) bond motifs is 1. The SMILES string of the molecule is O=C(Cc1c[nH]c2cc(F)ccc12)N1CCCCC1. The van der Waals surface area contributed by atoms with E-state index in [1.165, 1.54) is 18.6 Å². The first-order valence-electron chi connectivity index (χ1n) is 6.77. The van der Waals surface area contributed by atoms with Crippen LogP contribution in [0, 0.1) is 5.82 Å². The molecule has 3 nitrogen and oxygen atoms in total. The van der Waals surface area contributed by atoms with Crippen molar-refractivity contribution in [1.82, 2.24) is 9.88 Å². The van der Waals surface area contributed by atoms with Crippen molar-refractivity contribution < 1.29 is 9.18 Å². The number of amides is 1. The van der Waals surface area contributed by atoms with Crippen molar-refractivity contribution in [3.8, 4) is 0 Å². The van der Waals surface area contributed by atoms with E-state index < -0.39 is 0 Å². The Morgan fingerprint density at radius 3 is 2.84 bits per heavy atom. The summed E-state index contributed by atoms with van der Waals surface area (Å²) >= 11 is 0. The van der Waals surface area contributed by atoms with Gasteiger partial charge in [-0.1, -0.05) is 0 Å². The summed E-state index contributed by atoms with van der Waals surface area (Å²) in [5, 5.41) is 0.937. The van der Waals surface area contributed by atoms with Gasteiger partial charge in [-0.15, -0.1) is 0 Å². The van der Waals surface area contributed by atoms with Gasteiger partial charge >= 0.3 is 0 Å². The second kappa shape index (κ2) is 5.03. The zero-order chi connectivity index (χ0) is 13.2.